The Labute approximate surface area is 251 Å². The molecule has 0 saturated carbocycles. The van der Waals surface area contributed by atoms with E-state index < -0.39 is 0 Å². The van der Waals surface area contributed by atoms with Gasteiger partial charge in [0.05, 0.1) is 5.70 Å². The number of nitrogens with zero attached hydrogens (tertiary/aromatic N) is 3. The van der Waals surface area contributed by atoms with Crippen molar-refractivity contribution in [2.45, 2.75) is 34.6 Å². The minimum atomic E-state index is -0.384. The molecule has 0 atom stereocenters. The minimum Gasteiger partial charge on any atom is -0.388 e. The lowest BCUT2D eigenvalue weighted by molar-refractivity contribution is 0.207. The molecule has 1 fully saturated rings. The third-order valence-electron chi connectivity index (χ3n) is 7.60. The van der Waals surface area contributed by atoms with Crippen molar-refractivity contribution >= 4 is 22.5 Å². The van der Waals surface area contributed by atoms with Crippen LogP contribution in [0, 0.1) is 18.2 Å². The Morgan fingerprint density at radius 1 is 1.12 bits per heavy atom. The van der Waals surface area contributed by atoms with Crippen LogP contribution in [-0.4, -0.2) is 60.0 Å². The number of imidazole rings is 1. The highest BCUT2D eigenvalue weighted by Crippen LogP contribution is 2.35. The first-order valence-electron chi connectivity index (χ1n) is 14.4. The quantitative estimate of drug-likeness (QED) is 0.247. The zero-order valence-electron chi connectivity index (χ0n) is 26.4. The topological polar surface area (TPSA) is 59.2 Å². The molecule has 0 unspecified atom stereocenters. The van der Waals surface area contributed by atoms with Gasteiger partial charge in [-0.25, -0.2) is 9.37 Å². The van der Waals surface area contributed by atoms with E-state index in [2.05, 4.69) is 79.6 Å². The Morgan fingerprint density at radius 2 is 1.79 bits per heavy atom. The van der Waals surface area contributed by atoms with Crippen LogP contribution in [0.2, 0.25) is 0 Å². The largest absolute Gasteiger partial charge is 0.388 e. The van der Waals surface area contributed by atoms with Gasteiger partial charge in [-0.3, -0.25) is 0 Å². The van der Waals surface area contributed by atoms with E-state index in [0.29, 0.717) is 33.8 Å². The molecule has 1 aliphatic rings. The monoisotopic (exact) mass is 570 g/mol. The van der Waals surface area contributed by atoms with Crippen molar-refractivity contribution in [3.63, 3.8) is 0 Å². The Hall–Kier alpha value is -4.10. The van der Waals surface area contributed by atoms with E-state index >= 15 is 4.39 Å². The van der Waals surface area contributed by atoms with Crippen LogP contribution in [0.5, 0.6) is 0 Å². The Balaban J connectivity index is 2.04. The Kier molecular flexibility index (Phi) is 10.6. The van der Waals surface area contributed by atoms with E-state index in [1.807, 2.05) is 38.1 Å². The van der Waals surface area contributed by atoms with Gasteiger partial charge in [0.25, 0.3) is 0 Å². The van der Waals surface area contributed by atoms with E-state index in [-0.39, 0.29) is 11.2 Å². The third kappa shape index (κ3) is 7.21. The van der Waals surface area contributed by atoms with Crippen LogP contribution < -0.4 is 10.6 Å². The number of aromatic amines is 1. The Bertz CT molecular complexity index is 1440. The molecule has 0 spiro atoms. The fourth-order valence-corrected chi connectivity index (χ4v) is 4.76. The first-order chi connectivity index (χ1) is 19.9. The highest BCUT2D eigenvalue weighted by Gasteiger charge is 2.24. The second kappa shape index (κ2) is 13.7. The standard InChI is InChI=1S/C35H47FN6/c1-12-15-30(42-20-18-41(11)19-21-42)33-24(5)38-34(40-33)23(4)31-29(37-10)17-16-28(32(31)36)26(13-2)22-27(14-3)39-25(6)35(7,8)9/h12-17,22,37,39H,1,3-4,6,18-21H2,2,5,7-11H3,(H,38,40)/b26-13+,27-22+,30-15+. The molecule has 0 radical (unpaired) electrons. The molecule has 1 aromatic heterocycles. The maximum Gasteiger partial charge on any atom is 0.141 e. The molecule has 1 aliphatic heterocycles. The fourth-order valence-electron chi connectivity index (χ4n) is 4.76. The molecule has 2 heterocycles. The van der Waals surface area contributed by atoms with Gasteiger partial charge in [0.2, 0.25) is 0 Å². The van der Waals surface area contributed by atoms with Gasteiger partial charge in [-0.15, -0.1) is 0 Å². The van der Waals surface area contributed by atoms with E-state index in [9.17, 15) is 0 Å². The second-order valence-electron chi connectivity index (χ2n) is 11.6. The van der Waals surface area contributed by atoms with Crippen LogP contribution in [0.1, 0.15) is 56.0 Å². The van der Waals surface area contributed by atoms with Gasteiger partial charge >= 0.3 is 0 Å². The summed E-state index contributed by atoms with van der Waals surface area (Å²) < 4.78 is 16.5. The third-order valence-corrected chi connectivity index (χ3v) is 7.60. The number of hydrogen-bond acceptors (Lipinski definition) is 5. The molecule has 224 valence electrons. The van der Waals surface area contributed by atoms with Crippen LogP contribution in [0.25, 0.3) is 16.8 Å². The number of H-pyrrole nitrogens is 1. The zero-order chi connectivity index (χ0) is 31.2. The molecule has 7 heteroatoms. The SMILES string of the molecule is C=C/C=C(\c1nc(C(=C)c2c(NC)ccc(C(/C=C(\C=C)NC(=C)C(C)(C)C)=C/C)c2F)[nH]c1C)N1CCN(C)CC1. The number of anilines is 1. The molecule has 0 amide bonds. The van der Waals surface area contributed by atoms with Crippen LogP contribution in [0.3, 0.4) is 0 Å². The number of aryl methyl sites for hydroxylation is 1. The average Bonchev–Trinajstić information content (AvgIpc) is 3.34. The number of hydrogen-bond donors (Lipinski definition) is 3. The van der Waals surface area contributed by atoms with Crippen molar-refractivity contribution in [2.75, 3.05) is 45.6 Å². The Morgan fingerprint density at radius 3 is 2.33 bits per heavy atom. The van der Waals surface area contributed by atoms with Gasteiger partial charge in [-0.05, 0) is 56.8 Å². The summed E-state index contributed by atoms with van der Waals surface area (Å²) in [5, 5.41) is 6.46. The summed E-state index contributed by atoms with van der Waals surface area (Å²) in [5.74, 6) is 0.137. The zero-order valence-corrected chi connectivity index (χ0v) is 26.4. The number of rotatable bonds is 11. The van der Waals surface area contributed by atoms with Gasteiger partial charge in [-0.1, -0.05) is 59.2 Å². The lowest BCUT2D eigenvalue weighted by atomic mass is 9.92. The van der Waals surface area contributed by atoms with Crippen LogP contribution in [0.15, 0.2) is 80.2 Å². The minimum absolute atomic E-state index is 0.145. The van der Waals surface area contributed by atoms with Crippen molar-refractivity contribution in [1.29, 1.82) is 0 Å². The summed E-state index contributed by atoms with van der Waals surface area (Å²) in [7, 11) is 3.90. The summed E-state index contributed by atoms with van der Waals surface area (Å²) in [5.41, 5.74) is 6.74. The van der Waals surface area contributed by atoms with Crippen molar-refractivity contribution in [3.05, 3.63) is 114 Å². The number of halogens is 1. The van der Waals surface area contributed by atoms with E-state index in [1.54, 1.807) is 25.3 Å². The number of likely N-dealkylation sites (N-methyl/N-ethyl adjacent to an activating group) is 1. The van der Waals surface area contributed by atoms with Gasteiger partial charge < -0.3 is 25.4 Å². The van der Waals surface area contributed by atoms with Gasteiger partial charge in [0, 0.05) is 78.1 Å². The number of benzene rings is 1. The summed E-state index contributed by atoms with van der Waals surface area (Å²) in [6.07, 6.45) is 9.25. The number of piperazine rings is 1. The molecule has 1 aromatic carbocycles. The van der Waals surface area contributed by atoms with Crippen LogP contribution >= 0.6 is 0 Å². The molecule has 6 nitrogen and oxygen atoms in total. The molecule has 0 bridgehead atoms. The van der Waals surface area contributed by atoms with Crippen LogP contribution in [0.4, 0.5) is 10.1 Å². The maximum atomic E-state index is 16.5. The molecular weight excluding hydrogens is 523 g/mol. The van der Waals surface area contributed by atoms with Crippen molar-refractivity contribution in [2.24, 2.45) is 5.41 Å². The van der Waals surface area contributed by atoms with Crippen molar-refractivity contribution < 1.29 is 4.39 Å². The second-order valence-corrected chi connectivity index (χ2v) is 11.6. The molecule has 2 aromatic rings. The number of nitrogens with one attached hydrogen (secondary N) is 3. The number of aromatic nitrogens is 2. The van der Waals surface area contributed by atoms with Gasteiger partial charge in [0.1, 0.15) is 17.3 Å². The van der Waals surface area contributed by atoms with Crippen LogP contribution in [-0.2, 0) is 0 Å². The van der Waals surface area contributed by atoms with E-state index in [4.69, 9.17) is 4.98 Å². The fraction of sp³-hybridized carbons (Fsp3) is 0.343. The average molecular weight is 571 g/mol. The van der Waals surface area contributed by atoms with Gasteiger partial charge in [-0.2, -0.15) is 0 Å². The summed E-state index contributed by atoms with van der Waals surface area (Å²) in [6.45, 7) is 30.2. The van der Waals surface area contributed by atoms with E-state index in [1.165, 1.54) is 0 Å². The predicted octanol–water partition coefficient (Wildman–Crippen LogP) is 7.36. The molecular formula is C35H47FN6. The highest BCUT2D eigenvalue weighted by molar-refractivity contribution is 5.87. The molecule has 42 heavy (non-hydrogen) atoms. The van der Waals surface area contributed by atoms with Crippen molar-refractivity contribution in [3.8, 4) is 0 Å². The molecule has 0 aliphatic carbocycles. The summed E-state index contributed by atoms with van der Waals surface area (Å²) in [6, 6.07) is 3.65. The predicted molar refractivity (Wildman–Crippen MR) is 178 cm³/mol. The summed E-state index contributed by atoms with van der Waals surface area (Å²) >= 11 is 0. The van der Waals surface area contributed by atoms with Gasteiger partial charge in [0.15, 0.2) is 0 Å². The highest BCUT2D eigenvalue weighted by atomic mass is 19.1. The van der Waals surface area contributed by atoms with E-state index in [0.717, 1.165) is 54.7 Å². The summed E-state index contributed by atoms with van der Waals surface area (Å²) in [4.78, 5) is 13.0. The normalized spacial score (nSPS) is 15.4. The number of allylic oxidation sites excluding steroid dienone is 7. The first-order valence-corrected chi connectivity index (χ1v) is 14.4. The molecule has 1 saturated heterocycles. The maximum absolute atomic E-state index is 16.5. The van der Waals surface area contributed by atoms with Crippen molar-refractivity contribution in [1.82, 2.24) is 25.1 Å². The smallest absolute Gasteiger partial charge is 0.141 e. The molecule has 3 rings (SSSR count). The first kappa shape index (κ1) is 32.4. The molecule has 3 N–H and O–H groups in total. The lowest BCUT2D eigenvalue weighted by Gasteiger charge is -2.35. The lowest BCUT2D eigenvalue weighted by Crippen LogP contribution is -2.43.